The molecule has 106 valence electrons. The smallest absolute Gasteiger partial charge is 0.0841 e. The number of hydrogen-bond acceptors (Lipinski definition) is 4. The second kappa shape index (κ2) is 5.92. The maximum Gasteiger partial charge on any atom is 0.0841 e. The summed E-state index contributed by atoms with van der Waals surface area (Å²) in [5, 5.41) is 3.40. The number of thiophene rings is 1. The van der Waals surface area contributed by atoms with Crippen LogP contribution >= 0.6 is 11.3 Å². The number of rotatable bonds is 4. The molecule has 0 radical (unpaired) electrons. The van der Waals surface area contributed by atoms with E-state index in [1.165, 1.54) is 9.75 Å². The number of hydrogen-bond donors (Lipinski definition) is 1. The molecule has 2 aliphatic rings. The van der Waals surface area contributed by atoms with Crippen molar-refractivity contribution < 1.29 is 9.47 Å². The van der Waals surface area contributed by atoms with Crippen LogP contribution in [0.25, 0.3) is 0 Å². The van der Waals surface area contributed by atoms with Crippen molar-refractivity contribution in [1.29, 1.82) is 0 Å². The van der Waals surface area contributed by atoms with Gasteiger partial charge in [-0.2, -0.15) is 0 Å². The molecule has 3 nitrogen and oxygen atoms in total. The quantitative estimate of drug-likeness (QED) is 0.920. The van der Waals surface area contributed by atoms with E-state index in [1.54, 1.807) is 0 Å². The van der Waals surface area contributed by atoms with Crippen molar-refractivity contribution in [3.05, 3.63) is 21.9 Å². The van der Waals surface area contributed by atoms with Gasteiger partial charge in [0.2, 0.25) is 0 Å². The molecule has 0 bridgehead atoms. The van der Waals surface area contributed by atoms with E-state index in [4.69, 9.17) is 9.47 Å². The van der Waals surface area contributed by atoms with E-state index < -0.39 is 0 Å². The van der Waals surface area contributed by atoms with Gasteiger partial charge in [-0.15, -0.1) is 11.3 Å². The topological polar surface area (TPSA) is 30.5 Å². The largest absolute Gasteiger partial charge is 0.372 e. The summed E-state index contributed by atoms with van der Waals surface area (Å²) in [6.45, 7) is 5.87. The normalized spacial score (nSPS) is 26.1. The van der Waals surface area contributed by atoms with Gasteiger partial charge in [0.25, 0.3) is 0 Å². The van der Waals surface area contributed by atoms with E-state index in [9.17, 15) is 0 Å². The Labute approximate surface area is 119 Å². The predicted octanol–water partition coefficient (Wildman–Crippen LogP) is 2.74. The van der Waals surface area contributed by atoms with Gasteiger partial charge in [-0.3, -0.25) is 0 Å². The fraction of sp³-hybridized carbons (Fsp3) is 0.733. The molecule has 3 heterocycles. The van der Waals surface area contributed by atoms with Crippen molar-refractivity contribution >= 4 is 11.3 Å². The summed E-state index contributed by atoms with van der Waals surface area (Å²) in [6, 6.07) is 4.41. The molecule has 3 rings (SSSR count). The average Bonchev–Trinajstić information content (AvgIpc) is 3.05. The van der Waals surface area contributed by atoms with Gasteiger partial charge in [0.05, 0.1) is 24.9 Å². The van der Waals surface area contributed by atoms with E-state index in [0.29, 0.717) is 0 Å². The van der Waals surface area contributed by atoms with Crippen LogP contribution in [-0.2, 0) is 22.5 Å². The molecule has 0 amide bonds. The third-order valence-corrected chi connectivity index (χ3v) is 5.42. The van der Waals surface area contributed by atoms with Gasteiger partial charge in [0.1, 0.15) is 0 Å². The first-order valence-corrected chi connectivity index (χ1v) is 8.15. The Morgan fingerprint density at radius 2 is 2.16 bits per heavy atom. The van der Waals surface area contributed by atoms with Gasteiger partial charge in [-0.1, -0.05) is 6.92 Å². The molecule has 2 aliphatic heterocycles. The second-order valence-corrected chi connectivity index (χ2v) is 6.86. The highest BCUT2D eigenvalue weighted by atomic mass is 32.1. The van der Waals surface area contributed by atoms with Gasteiger partial charge in [0, 0.05) is 16.2 Å². The summed E-state index contributed by atoms with van der Waals surface area (Å²) in [4.78, 5) is 2.78. The first-order valence-electron chi connectivity index (χ1n) is 7.33. The van der Waals surface area contributed by atoms with Gasteiger partial charge >= 0.3 is 0 Å². The molecule has 2 fully saturated rings. The van der Waals surface area contributed by atoms with E-state index in [1.807, 2.05) is 11.3 Å². The van der Waals surface area contributed by atoms with Gasteiger partial charge < -0.3 is 14.8 Å². The molecule has 19 heavy (non-hydrogen) atoms. The van der Waals surface area contributed by atoms with Crippen LogP contribution in [0.1, 0.15) is 35.9 Å². The number of piperidine rings is 1. The zero-order valence-corrected chi connectivity index (χ0v) is 12.4. The first kappa shape index (κ1) is 13.6. The van der Waals surface area contributed by atoms with Crippen LogP contribution in [-0.4, -0.2) is 31.4 Å². The Hall–Kier alpha value is -0.420. The minimum absolute atomic E-state index is 0.111. The van der Waals surface area contributed by atoms with Crippen LogP contribution in [0.4, 0.5) is 0 Å². The molecular formula is C15H23NO2S. The molecule has 0 aromatic carbocycles. The predicted molar refractivity (Wildman–Crippen MR) is 77.7 cm³/mol. The van der Waals surface area contributed by atoms with Crippen molar-refractivity contribution in [3.8, 4) is 0 Å². The Balaban J connectivity index is 1.49. The zero-order chi connectivity index (χ0) is 13.1. The molecule has 4 heteroatoms. The van der Waals surface area contributed by atoms with Crippen molar-refractivity contribution in [2.24, 2.45) is 0 Å². The molecule has 0 aliphatic carbocycles. The Morgan fingerprint density at radius 3 is 2.89 bits per heavy atom. The van der Waals surface area contributed by atoms with Crippen molar-refractivity contribution in [3.63, 3.8) is 0 Å². The fourth-order valence-electron chi connectivity index (χ4n) is 3.03. The molecule has 1 N–H and O–H groups in total. The second-order valence-electron chi connectivity index (χ2n) is 5.60. The number of nitrogens with one attached hydrogen (secondary N) is 1. The lowest BCUT2D eigenvalue weighted by molar-refractivity contribution is -0.0240. The van der Waals surface area contributed by atoms with Gasteiger partial charge in [0.15, 0.2) is 0 Å². The molecule has 2 saturated heterocycles. The lowest BCUT2D eigenvalue weighted by Crippen LogP contribution is -2.41. The number of aryl methyl sites for hydroxylation is 1. The van der Waals surface area contributed by atoms with Crippen LogP contribution in [0.15, 0.2) is 12.1 Å². The third-order valence-electron chi connectivity index (χ3n) is 4.22. The summed E-state index contributed by atoms with van der Waals surface area (Å²) in [5.74, 6) is 0. The van der Waals surface area contributed by atoms with Gasteiger partial charge in [-0.05, 0) is 44.5 Å². The Bertz CT molecular complexity index is 412. The highest BCUT2D eigenvalue weighted by Gasteiger charge is 2.41. The summed E-state index contributed by atoms with van der Waals surface area (Å²) in [7, 11) is 0. The highest BCUT2D eigenvalue weighted by Crippen LogP contribution is 2.35. The molecule has 1 atom stereocenters. The Morgan fingerprint density at radius 1 is 1.37 bits per heavy atom. The summed E-state index contributed by atoms with van der Waals surface area (Å²) in [6.07, 6.45) is 4.73. The van der Waals surface area contributed by atoms with E-state index >= 15 is 0 Å². The molecule has 1 unspecified atom stereocenters. The zero-order valence-electron chi connectivity index (χ0n) is 11.6. The molecule has 0 saturated carbocycles. The monoisotopic (exact) mass is 281 g/mol. The average molecular weight is 281 g/mol. The fourth-order valence-corrected chi connectivity index (χ4v) is 3.91. The lowest BCUT2D eigenvalue weighted by atomic mass is 9.89. The van der Waals surface area contributed by atoms with Gasteiger partial charge in [-0.25, -0.2) is 0 Å². The maximum absolute atomic E-state index is 6.05. The van der Waals surface area contributed by atoms with Crippen LogP contribution in [0.5, 0.6) is 0 Å². The summed E-state index contributed by atoms with van der Waals surface area (Å²) < 4.78 is 12.1. The highest BCUT2D eigenvalue weighted by molar-refractivity contribution is 7.11. The van der Waals surface area contributed by atoms with Crippen molar-refractivity contribution in [2.45, 2.75) is 50.9 Å². The first-order chi connectivity index (χ1) is 9.30. The molecular weight excluding hydrogens is 258 g/mol. The lowest BCUT2D eigenvalue weighted by Gasteiger charge is -2.32. The summed E-state index contributed by atoms with van der Waals surface area (Å²) in [5.41, 5.74) is 0.111. The Kier molecular flexibility index (Phi) is 4.22. The summed E-state index contributed by atoms with van der Waals surface area (Å²) >= 11 is 1.87. The minimum atomic E-state index is 0.111. The van der Waals surface area contributed by atoms with Crippen molar-refractivity contribution in [2.75, 3.05) is 19.7 Å². The van der Waals surface area contributed by atoms with Crippen LogP contribution in [0.2, 0.25) is 0 Å². The standard InChI is InChI=1S/C15H23NO2S/c1-2-13-3-4-14(19-13)11-17-12-9-15(18-10-12)5-7-16-8-6-15/h3-4,12,16H,2,5-11H2,1H3. The van der Waals surface area contributed by atoms with Crippen LogP contribution in [0, 0.1) is 0 Å². The van der Waals surface area contributed by atoms with E-state index in [2.05, 4.69) is 24.4 Å². The van der Waals surface area contributed by atoms with Crippen LogP contribution in [0.3, 0.4) is 0 Å². The molecule has 1 spiro atoms. The molecule has 1 aromatic heterocycles. The molecule has 1 aromatic rings. The minimum Gasteiger partial charge on any atom is -0.372 e. The third kappa shape index (κ3) is 3.19. The van der Waals surface area contributed by atoms with E-state index in [0.717, 1.165) is 52.0 Å². The van der Waals surface area contributed by atoms with Crippen LogP contribution < -0.4 is 5.32 Å². The van der Waals surface area contributed by atoms with E-state index in [-0.39, 0.29) is 11.7 Å². The number of ether oxygens (including phenoxy) is 2. The van der Waals surface area contributed by atoms with Crippen molar-refractivity contribution in [1.82, 2.24) is 5.32 Å². The SMILES string of the molecule is CCc1ccc(COC2COC3(CCNCC3)C2)s1. The maximum atomic E-state index is 6.05.